The number of ether oxygens (including phenoxy) is 1. The molecule has 2 N–H and O–H groups in total. The van der Waals surface area contributed by atoms with Gasteiger partial charge in [-0.25, -0.2) is 0 Å². The fourth-order valence-corrected chi connectivity index (χ4v) is 2.09. The summed E-state index contributed by atoms with van der Waals surface area (Å²) in [5.74, 6) is 1.65. The number of benzene rings is 2. The van der Waals surface area contributed by atoms with E-state index >= 15 is 0 Å². The van der Waals surface area contributed by atoms with Gasteiger partial charge in [0.05, 0.1) is 0 Å². The van der Waals surface area contributed by atoms with Crippen LogP contribution in [0.15, 0.2) is 46.9 Å². The number of nitrogens with two attached hydrogens (primary N) is 1. The molecule has 0 aromatic heterocycles. The summed E-state index contributed by atoms with van der Waals surface area (Å²) < 4.78 is 6.75. The molecule has 0 fully saturated rings. The van der Waals surface area contributed by atoms with Crippen molar-refractivity contribution in [2.24, 2.45) is 5.73 Å². The maximum atomic E-state index is 5.77. The molecule has 88 valence electrons. The van der Waals surface area contributed by atoms with E-state index in [0.29, 0.717) is 6.54 Å². The van der Waals surface area contributed by atoms with E-state index in [-0.39, 0.29) is 0 Å². The van der Waals surface area contributed by atoms with Crippen molar-refractivity contribution in [3.8, 4) is 11.5 Å². The summed E-state index contributed by atoms with van der Waals surface area (Å²) in [4.78, 5) is 0. The highest BCUT2D eigenvalue weighted by Crippen LogP contribution is 2.27. The van der Waals surface area contributed by atoms with Gasteiger partial charge in [-0.15, -0.1) is 0 Å². The van der Waals surface area contributed by atoms with Crippen LogP contribution in [0.2, 0.25) is 0 Å². The van der Waals surface area contributed by atoms with Crippen LogP contribution >= 0.6 is 15.9 Å². The van der Waals surface area contributed by atoms with Crippen molar-refractivity contribution in [2.75, 3.05) is 0 Å². The van der Waals surface area contributed by atoms with Crippen molar-refractivity contribution in [3.05, 3.63) is 58.1 Å². The van der Waals surface area contributed by atoms with Gasteiger partial charge in [0.2, 0.25) is 0 Å². The zero-order chi connectivity index (χ0) is 12.3. The van der Waals surface area contributed by atoms with Gasteiger partial charge in [0.15, 0.2) is 0 Å². The fraction of sp³-hybridized carbons (Fsp3) is 0.143. The van der Waals surface area contributed by atoms with Gasteiger partial charge >= 0.3 is 0 Å². The first-order chi connectivity index (χ1) is 8.19. The van der Waals surface area contributed by atoms with E-state index < -0.39 is 0 Å². The number of rotatable bonds is 3. The summed E-state index contributed by atoms with van der Waals surface area (Å²) in [6.45, 7) is 2.56. The highest BCUT2D eigenvalue weighted by atomic mass is 79.9. The van der Waals surface area contributed by atoms with Gasteiger partial charge in [-0.2, -0.15) is 0 Å². The number of hydrogen-bond acceptors (Lipinski definition) is 2. The quantitative estimate of drug-likeness (QED) is 0.927. The Morgan fingerprint density at radius 3 is 2.53 bits per heavy atom. The standard InChI is InChI=1S/C14H14BrNO/c1-10-3-2-4-12(7-10)17-13-6-5-11(9-16)14(15)8-13/h2-8H,9,16H2,1H3. The molecular formula is C14H14BrNO. The minimum absolute atomic E-state index is 0.519. The molecule has 3 heteroatoms. The van der Waals surface area contributed by atoms with Crippen molar-refractivity contribution in [2.45, 2.75) is 13.5 Å². The van der Waals surface area contributed by atoms with Crippen molar-refractivity contribution < 1.29 is 4.74 Å². The molecule has 0 atom stereocenters. The SMILES string of the molecule is Cc1cccc(Oc2ccc(CN)c(Br)c2)c1. The fourth-order valence-electron chi connectivity index (χ4n) is 1.57. The Labute approximate surface area is 110 Å². The van der Waals surface area contributed by atoms with Gasteiger partial charge in [-0.05, 0) is 42.3 Å². The van der Waals surface area contributed by atoms with E-state index in [1.165, 1.54) is 5.56 Å². The molecule has 17 heavy (non-hydrogen) atoms. The van der Waals surface area contributed by atoms with Crippen molar-refractivity contribution in [1.29, 1.82) is 0 Å². The molecule has 0 heterocycles. The van der Waals surface area contributed by atoms with E-state index in [1.54, 1.807) is 0 Å². The summed E-state index contributed by atoms with van der Waals surface area (Å²) in [6, 6.07) is 13.8. The van der Waals surface area contributed by atoms with E-state index in [2.05, 4.69) is 15.9 Å². The Morgan fingerprint density at radius 2 is 1.88 bits per heavy atom. The monoisotopic (exact) mass is 291 g/mol. The van der Waals surface area contributed by atoms with E-state index in [9.17, 15) is 0 Å². The van der Waals surface area contributed by atoms with Crippen molar-refractivity contribution in [1.82, 2.24) is 0 Å². The molecule has 2 nitrogen and oxygen atoms in total. The maximum Gasteiger partial charge on any atom is 0.128 e. The van der Waals surface area contributed by atoms with Gasteiger partial charge in [-0.1, -0.05) is 34.1 Å². The topological polar surface area (TPSA) is 35.2 Å². The van der Waals surface area contributed by atoms with E-state index in [4.69, 9.17) is 10.5 Å². The first kappa shape index (κ1) is 12.1. The van der Waals surface area contributed by atoms with Crippen LogP contribution in [0.1, 0.15) is 11.1 Å². The molecular weight excluding hydrogens is 278 g/mol. The lowest BCUT2D eigenvalue weighted by Crippen LogP contribution is -1.97. The third-order valence-electron chi connectivity index (χ3n) is 2.47. The minimum Gasteiger partial charge on any atom is -0.457 e. The average molecular weight is 292 g/mol. The van der Waals surface area contributed by atoms with Crippen LogP contribution in [0.5, 0.6) is 11.5 Å². The Hall–Kier alpha value is -1.32. The second-order valence-electron chi connectivity index (χ2n) is 3.88. The molecule has 0 unspecified atom stereocenters. The largest absolute Gasteiger partial charge is 0.457 e. The van der Waals surface area contributed by atoms with Gasteiger partial charge < -0.3 is 10.5 Å². The van der Waals surface area contributed by atoms with Crippen LogP contribution in [-0.4, -0.2) is 0 Å². The molecule has 0 amide bonds. The highest BCUT2D eigenvalue weighted by Gasteiger charge is 2.02. The second-order valence-corrected chi connectivity index (χ2v) is 4.73. The van der Waals surface area contributed by atoms with Gasteiger partial charge in [0.25, 0.3) is 0 Å². The summed E-state index contributed by atoms with van der Waals surface area (Å²) in [5.41, 5.74) is 7.85. The highest BCUT2D eigenvalue weighted by molar-refractivity contribution is 9.10. The van der Waals surface area contributed by atoms with Gasteiger partial charge in [0, 0.05) is 11.0 Å². The van der Waals surface area contributed by atoms with Crippen LogP contribution in [0.4, 0.5) is 0 Å². The summed E-state index contributed by atoms with van der Waals surface area (Å²) in [5, 5.41) is 0. The van der Waals surface area contributed by atoms with Crippen LogP contribution in [0.25, 0.3) is 0 Å². The van der Waals surface area contributed by atoms with Gasteiger partial charge in [0.1, 0.15) is 11.5 Å². The molecule has 0 saturated carbocycles. The third-order valence-corrected chi connectivity index (χ3v) is 3.21. The second kappa shape index (κ2) is 5.34. The zero-order valence-electron chi connectivity index (χ0n) is 9.61. The molecule has 2 aromatic carbocycles. The maximum absolute atomic E-state index is 5.77. The molecule has 0 spiro atoms. The molecule has 0 aliphatic rings. The number of hydrogen-bond donors (Lipinski definition) is 1. The Bertz CT molecular complexity index is 525. The average Bonchev–Trinajstić information content (AvgIpc) is 2.29. The van der Waals surface area contributed by atoms with Gasteiger partial charge in [-0.3, -0.25) is 0 Å². The molecule has 0 bridgehead atoms. The van der Waals surface area contributed by atoms with Crippen LogP contribution in [0, 0.1) is 6.92 Å². The third kappa shape index (κ3) is 3.08. The Morgan fingerprint density at radius 1 is 1.12 bits per heavy atom. The first-order valence-electron chi connectivity index (χ1n) is 5.42. The molecule has 2 rings (SSSR count). The van der Waals surface area contributed by atoms with Crippen LogP contribution in [0.3, 0.4) is 0 Å². The molecule has 0 aliphatic carbocycles. The van der Waals surface area contributed by atoms with E-state index in [0.717, 1.165) is 21.5 Å². The van der Waals surface area contributed by atoms with Crippen molar-refractivity contribution >= 4 is 15.9 Å². The minimum atomic E-state index is 0.519. The normalized spacial score (nSPS) is 10.3. The smallest absolute Gasteiger partial charge is 0.128 e. The zero-order valence-corrected chi connectivity index (χ0v) is 11.2. The summed E-state index contributed by atoms with van der Waals surface area (Å²) in [6.07, 6.45) is 0. The lowest BCUT2D eigenvalue weighted by molar-refractivity contribution is 0.481. The molecule has 2 aromatic rings. The number of aryl methyl sites for hydroxylation is 1. The molecule has 0 saturated heterocycles. The predicted octanol–water partition coefficient (Wildman–Crippen LogP) is 4.01. The Balaban J connectivity index is 2.22. The molecule has 0 radical (unpaired) electrons. The lowest BCUT2D eigenvalue weighted by atomic mass is 10.2. The lowest BCUT2D eigenvalue weighted by Gasteiger charge is -2.08. The van der Waals surface area contributed by atoms with Crippen molar-refractivity contribution in [3.63, 3.8) is 0 Å². The Kier molecular flexibility index (Phi) is 3.82. The number of halogens is 1. The predicted molar refractivity (Wildman–Crippen MR) is 73.3 cm³/mol. The first-order valence-corrected chi connectivity index (χ1v) is 6.21. The van der Waals surface area contributed by atoms with E-state index in [1.807, 2.05) is 49.4 Å². The summed E-state index contributed by atoms with van der Waals surface area (Å²) in [7, 11) is 0. The molecule has 0 aliphatic heterocycles. The van der Waals surface area contributed by atoms with Crippen LogP contribution < -0.4 is 10.5 Å². The summed E-state index contributed by atoms with van der Waals surface area (Å²) >= 11 is 3.48. The van der Waals surface area contributed by atoms with Crippen LogP contribution in [-0.2, 0) is 6.54 Å².